The van der Waals surface area contributed by atoms with E-state index in [-0.39, 0.29) is 25.9 Å². The van der Waals surface area contributed by atoms with Crippen LogP contribution in [0.3, 0.4) is 0 Å². The van der Waals surface area contributed by atoms with Crippen LogP contribution in [0.25, 0.3) is 0 Å². The van der Waals surface area contributed by atoms with Gasteiger partial charge >= 0.3 is 23.9 Å². The fourth-order valence-corrected chi connectivity index (χ4v) is 8.27. The minimum absolute atomic E-state index is 0.0399. The number of allylic oxidation sites excluding steroid dienone is 18. The largest absolute Gasteiger partial charge is 0.479 e. The summed E-state index contributed by atoms with van der Waals surface area (Å²) in [5.74, 6) is -3.20. The number of aliphatic hydroxyl groups is 2. The molecule has 6 unspecified atom stereocenters. The molecule has 1 heterocycles. The van der Waals surface area contributed by atoms with Gasteiger partial charge in [0.25, 0.3) is 0 Å². The van der Waals surface area contributed by atoms with Crippen molar-refractivity contribution >= 4 is 23.9 Å². The van der Waals surface area contributed by atoms with Crippen molar-refractivity contribution in [3.63, 3.8) is 0 Å². The Labute approximate surface area is 465 Å². The number of carbonyl (C=O) groups is 4. The van der Waals surface area contributed by atoms with Crippen LogP contribution in [-0.4, -0.2) is 89.2 Å². The molecule has 0 saturated carbocycles. The Morgan fingerprint density at radius 2 is 0.818 bits per heavy atom. The Balaban J connectivity index is 2.69. The van der Waals surface area contributed by atoms with Gasteiger partial charge in [-0.15, -0.1) is 0 Å². The summed E-state index contributed by atoms with van der Waals surface area (Å²) in [6, 6.07) is 0. The van der Waals surface area contributed by atoms with Crippen LogP contribution in [-0.2, 0) is 42.9 Å². The van der Waals surface area contributed by atoms with Crippen molar-refractivity contribution in [1.29, 1.82) is 0 Å². The number of hydrogen-bond donors (Lipinski definition) is 3. The molecule has 436 valence electrons. The molecule has 1 rings (SSSR count). The summed E-state index contributed by atoms with van der Waals surface area (Å²) in [6.07, 6.45) is 57.7. The van der Waals surface area contributed by atoms with Crippen molar-refractivity contribution in [2.24, 2.45) is 0 Å². The minimum Gasteiger partial charge on any atom is -0.479 e. The molecular formula is C65H104O12. The monoisotopic (exact) mass is 1080 g/mol. The first-order valence-electron chi connectivity index (χ1n) is 29.9. The van der Waals surface area contributed by atoms with E-state index in [1.165, 1.54) is 12.8 Å². The normalized spacial score (nSPS) is 18.8. The van der Waals surface area contributed by atoms with E-state index in [4.69, 9.17) is 23.7 Å². The van der Waals surface area contributed by atoms with Crippen molar-refractivity contribution in [3.8, 4) is 0 Å². The maximum absolute atomic E-state index is 13.1. The van der Waals surface area contributed by atoms with E-state index in [0.717, 1.165) is 154 Å². The van der Waals surface area contributed by atoms with Crippen molar-refractivity contribution in [1.82, 2.24) is 0 Å². The van der Waals surface area contributed by atoms with Gasteiger partial charge in [-0.3, -0.25) is 14.4 Å². The van der Waals surface area contributed by atoms with Gasteiger partial charge in [0.2, 0.25) is 0 Å². The predicted octanol–water partition coefficient (Wildman–Crippen LogP) is 15.4. The summed E-state index contributed by atoms with van der Waals surface area (Å²) in [7, 11) is 0. The van der Waals surface area contributed by atoms with Crippen LogP contribution >= 0.6 is 0 Å². The van der Waals surface area contributed by atoms with E-state index < -0.39 is 67.3 Å². The molecule has 1 saturated heterocycles. The summed E-state index contributed by atoms with van der Waals surface area (Å²) < 4.78 is 28.4. The van der Waals surface area contributed by atoms with Crippen molar-refractivity contribution in [2.45, 2.75) is 263 Å². The summed E-state index contributed by atoms with van der Waals surface area (Å²) in [5.41, 5.74) is 0. The van der Waals surface area contributed by atoms with Crippen LogP contribution in [0.2, 0.25) is 0 Å². The zero-order valence-electron chi connectivity index (χ0n) is 47.9. The lowest BCUT2D eigenvalue weighted by atomic mass is 9.98. The molecule has 12 nitrogen and oxygen atoms in total. The highest BCUT2D eigenvalue weighted by Crippen LogP contribution is 2.26. The molecule has 0 amide bonds. The molecule has 0 radical (unpaired) electrons. The number of carboxylic acid groups (broad SMARTS) is 1. The second-order valence-corrected chi connectivity index (χ2v) is 19.9. The van der Waals surface area contributed by atoms with Gasteiger partial charge in [0.05, 0.1) is 6.61 Å². The van der Waals surface area contributed by atoms with Gasteiger partial charge in [0, 0.05) is 19.3 Å². The number of rotatable bonds is 49. The number of esters is 3. The number of hydrogen-bond acceptors (Lipinski definition) is 11. The molecule has 1 aliphatic rings. The highest BCUT2D eigenvalue weighted by Gasteiger charge is 2.50. The molecular weight excluding hydrogens is 973 g/mol. The summed E-state index contributed by atoms with van der Waals surface area (Å²) in [5, 5.41) is 31.5. The maximum atomic E-state index is 13.1. The van der Waals surface area contributed by atoms with E-state index in [9.17, 15) is 34.5 Å². The van der Waals surface area contributed by atoms with Gasteiger partial charge in [-0.1, -0.05) is 201 Å². The smallest absolute Gasteiger partial charge is 0.335 e. The molecule has 0 bridgehead atoms. The number of aliphatic carboxylic acids is 1. The average Bonchev–Trinajstić information content (AvgIpc) is 3.41. The fraction of sp³-hybridized carbons (Fsp3) is 0.662. The third-order valence-corrected chi connectivity index (χ3v) is 12.8. The standard InChI is InChI=1S/C65H104O12/c1-4-7-10-13-16-19-22-24-26-28-29-31-32-34-37-39-42-45-48-51-57(66)73-54-56(75-58(67)52-49-46-43-40-36-21-18-15-12-9-6-3)55-74-65-63(61(70)60(69)62(77-65)64(71)72)76-59(68)53-50-47-44-41-38-35-33-30-27-25-23-20-17-14-11-8-5-2/h7-8,10-11,15-20,24-27,29,31,34,37,56,60-63,65,69-70H,4-6,9,12-14,21-23,28,30,32-33,35-36,38-55H2,1-3H3,(H,71,72)/b10-7-,11-8-,18-15-,19-16-,20-17-,26-24-,27-25-,31-29-,37-34-. The SMILES string of the molecule is CC/C=C\C/C=C\C/C=C\C/C=C\C/C=C\CCCCCC(=O)OCC(COC1OC(C(=O)O)C(O)C(O)C1OC(=O)CCCCCCCCC/C=C\C/C=C\C/C=C\CC)OC(=O)CCCCCCC/C=C\CCCC. The zero-order valence-corrected chi connectivity index (χ0v) is 47.9. The average molecular weight is 1080 g/mol. The van der Waals surface area contributed by atoms with E-state index in [2.05, 4.69) is 130 Å². The molecule has 77 heavy (non-hydrogen) atoms. The molecule has 1 fully saturated rings. The molecule has 0 spiro atoms. The van der Waals surface area contributed by atoms with Crippen LogP contribution in [0.5, 0.6) is 0 Å². The number of carboxylic acids is 1. The Morgan fingerprint density at radius 1 is 0.442 bits per heavy atom. The van der Waals surface area contributed by atoms with Crippen molar-refractivity contribution in [2.75, 3.05) is 13.2 Å². The van der Waals surface area contributed by atoms with Crippen LogP contribution in [0.1, 0.15) is 226 Å². The van der Waals surface area contributed by atoms with Gasteiger partial charge in [-0.25, -0.2) is 4.79 Å². The lowest BCUT2D eigenvalue weighted by molar-refractivity contribution is -0.301. The van der Waals surface area contributed by atoms with Gasteiger partial charge < -0.3 is 39.0 Å². The maximum Gasteiger partial charge on any atom is 0.335 e. The first-order chi connectivity index (χ1) is 37.6. The van der Waals surface area contributed by atoms with Gasteiger partial charge in [-0.05, 0) is 116 Å². The number of aliphatic hydroxyl groups excluding tert-OH is 2. The van der Waals surface area contributed by atoms with E-state index >= 15 is 0 Å². The second kappa shape index (κ2) is 52.1. The van der Waals surface area contributed by atoms with E-state index in [0.29, 0.717) is 19.3 Å². The van der Waals surface area contributed by atoms with Gasteiger partial charge in [-0.2, -0.15) is 0 Å². The minimum atomic E-state index is -1.92. The molecule has 12 heteroatoms. The molecule has 0 aromatic heterocycles. The van der Waals surface area contributed by atoms with Crippen LogP contribution in [0, 0.1) is 0 Å². The molecule has 0 aromatic rings. The lowest BCUT2D eigenvalue weighted by Gasteiger charge is -2.40. The molecule has 3 N–H and O–H groups in total. The van der Waals surface area contributed by atoms with Crippen LogP contribution in [0.4, 0.5) is 0 Å². The van der Waals surface area contributed by atoms with Crippen LogP contribution < -0.4 is 0 Å². The summed E-state index contributed by atoms with van der Waals surface area (Å²) >= 11 is 0. The van der Waals surface area contributed by atoms with Gasteiger partial charge in [0.15, 0.2) is 24.6 Å². The first-order valence-corrected chi connectivity index (χ1v) is 29.9. The Bertz CT molecular complexity index is 1750. The Kier molecular flexibility index (Phi) is 47.6. The molecule has 0 aromatic carbocycles. The highest BCUT2D eigenvalue weighted by atomic mass is 16.7. The fourth-order valence-electron chi connectivity index (χ4n) is 8.27. The van der Waals surface area contributed by atoms with Crippen molar-refractivity contribution in [3.05, 3.63) is 109 Å². The van der Waals surface area contributed by atoms with Crippen molar-refractivity contribution < 1.29 is 58.2 Å². The number of carbonyl (C=O) groups excluding carboxylic acids is 3. The predicted molar refractivity (Wildman–Crippen MR) is 312 cm³/mol. The summed E-state index contributed by atoms with van der Waals surface area (Å²) in [6.45, 7) is 5.68. The van der Waals surface area contributed by atoms with Crippen LogP contribution in [0.15, 0.2) is 109 Å². The molecule has 6 atom stereocenters. The van der Waals surface area contributed by atoms with E-state index in [1.807, 2.05) is 0 Å². The number of ether oxygens (including phenoxy) is 5. The van der Waals surface area contributed by atoms with Gasteiger partial charge in [0.1, 0.15) is 18.8 Å². The first kappa shape index (κ1) is 70.4. The van der Waals surface area contributed by atoms with E-state index in [1.54, 1.807) is 0 Å². The zero-order chi connectivity index (χ0) is 56.1. The topological polar surface area (TPSA) is 175 Å². The highest BCUT2D eigenvalue weighted by molar-refractivity contribution is 5.74. The molecule has 0 aliphatic carbocycles. The second-order valence-electron chi connectivity index (χ2n) is 19.9. The Hall–Kier alpha value is -4.62. The molecule has 1 aliphatic heterocycles. The Morgan fingerprint density at radius 3 is 1.27 bits per heavy atom. The third kappa shape index (κ3) is 42.1. The third-order valence-electron chi connectivity index (χ3n) is 12.8. The lowest BCUT2D eigenvalue weighted by Crippen LogP contribution is -2.61. The number of unbranched alkanes of at least 4 members (excludes halogenated alkanes) is 17. The summed E-state index contributed by atoms with van der Waals surface area (Å²) in [4.78, 5) is 51.1. The quantitative estimate of drug-likeness (QED) is 0.0228.